The van der Waals surface area contributed by atoms with E-state index < -0.39 is 0 Å². The van der Waals surface area contributed by atoms with Crippen LogP contribution in [0.2, 0.25) is 0 Å². The molecule has 0 spiro atoms. The molecular weight excluding hydrogens is 198 g/mol. The van der Waals surface area contributed by atoms with Crippen molar-refractivity contribution in [3.05, 3.63) is 34.9 Å². The summed E-state index contributed by atoms with van der Waals surface area (Å²) in [7, 11) is 0. The third kappa shape index (κ3) is 4.77. The van der Waals surface area contributed by atoms with Crippen molar-refractivity contribution in [1.82, 2.24) is 5.32 Å². The largest absolute Gasteiger partial charge is 0.393 e. The molecule has 0 aliphatic rings. The quantitative estimate of drug-likeness (QED) is 0.722. The molecule has 1 atom stereocenters. The molecule has 0 saturated carbocycles. The van der Waals surface area contributed by atoms with Gasteiger partial charge in [0.25, 0.3) is 0 Å². The Hall–Kier alpha value is -0.860. The predicted octanol–water partition coefficient (Wildman–Crippen LogP) is 2.21. The van der Waals surface area contributed by atoms with Gasteiger partial charge in [0.2, 0.25) is 0 Å². The summed E-state index contributed by atoms with van der Waals surface area (Å²) >= 11 is 0. The number of hydrogen-bond donors (Lipinski definition) is 2. The molecule has 1 unspecified atom stereocenters. The zero-order valence-corrected chi connectivity index (χ0v) is 10.6. The van der Waals surface area contributed by atoms with Gasteiger partial charge in [0.05, 0.1) is 6.10 Å². The van der Waals surface area contributed by atoms with Crippen molar-refractivity contribution in [3.63, 3.8) is 0 Å². The average Bonchev–Trinajstić information content (AvgIpc) is 2.22. The van der Waals surface area contributed by atoms with E-state index >= 15 is 0 Å². The van der Waals surface area contributed by atoms with Crippen LogP contribution in [0.15, 0.2) is 18.2 Å². The van der Waals surface area contributed by atoms with Crippen LogP contribution in [-0.4, -0.2) is 24.3 Å². The molecule has 0 radical (unpaired) electrons. The fourth-order valence-electron chi connectivity index (χ4n) is 1.63. The van der Waals surface area contributed by atoms with E-state index in [2.05, 4.69) is 37.4 Å². The van der Waals surface area contributed by atoms with Gasteiger partial charge in [-0.05, 0) is 63.4 Å². The van der Waals surface area contributed by atoms with Crippen LogP contribution in [-0.2, 0) is 6.42 Å². The van der Waals surface area contributed by atoms with Gasteiger partial charge in [-0.25, -0.2) is 0 Å². The molecule has 0 aliphatic heterocycles. The first kappa shape index (κ1) is 13.2. The molecule has 0 saturated heterocycles. The summed E-state index contributed by atoms with van der Waals surface area (Å²) in [5, 5.41) is 12.4. The van der Waals surface area contributed by atoms with Crippen LogP contribution >= 0.6 is 0 Å². The highest BCUT2D eigenvalue weighted by Crippen LogP contribution is 2.09. The van der Waals surface area contributed by atoms with Gasteiger partial charge in [-0.2, -0.15) is 0 Å². The fourth-order valence-corrected chi connectivity index (χ4v) is 1.63. The number of rotatable bonds is 6. The third-order valence-corrected chi connectivity index (χ3v) is 2.90. The van der Waals surface area contributed by atoms with Crippen LogP contribution in [0.25, 0.3) is 0 Å². The summed E-state index contributed by atoms with van der Waals surface area (Å²) < 4.78 is 0. The van der Waals surface area contributed by atoms with Crippen molar-refractivity contribution in [2.45, 2.75) is 39.7 Å². The van der Waals surface area contributed by atoms with Gasteiger partial charge in [0, 0.05) is 0 Å². The smallest absolute Gasteiger partial charge is 0.0524 e. The van der Waals surface area contributed by atoms with E-state index in [1.54, 1.807) is 0 Å². The number of aliphatic hydroxyl groups excluding tert-OH is 1. The summed E-state index contributed by atoms with van der Waals surface area (Å²) in [5.41, 5.74) is 4.10. The van der Waals surface area contributed by atoms with Crippen molar-refractivity contribution >= 4 is 0 Å². The number of aliphatic hydroxyl groups is 1. The number of benzene rings is 1. The monoisotopic (exact) mass is 221 g/mol. The van der Waals surface area contributed by atoms with E-state index in [9.17, 15) is 0 Å². The van der Waals surface area contributed by atoms with Crippen LogP contribution in [0.4, 0.5) is 0 Å². The lowest BCUT2D eigenvalue weighted by atomic mass is 10.0. The third-order valence-electron chi connectivity index (χ3n) is 2.90. The Bertz CT molecular complexity index is 321. The van der Waals surface area contributed by atoms with Crippen LogP contribution in [0.3, 0.4) is 0 Å². The Kier molecular flexibility index (Phi) is 5.50. The second kappa shape index (κ2) is 6.66. The standard InChI is InChI=1S/C14H23NO/c1-11-4-5-14(10-12(11)2)7-9-15-8-6-13(3)16/h4-5,10,13,15-16H,6-9H2,1-3H3. The van der Waals surface area contributed by atoms with Crippen molar-refractivity contribution in [3.8, 4) is 0 Å². The van der Waals surface area contributed by atoms with Gasteiger partial charge in [0.15, 0.2) is 0 Å². The van der Waals surface area contributed by atoms with Gasteiger partial charge in [-0.3, -0.25) is 0 Å². The molecule has 90 valence electrons. The van der Waals surface area contributed by atoms with Gasteiger partial charge >= 0.3 is 0 Å². The lowest BCUT2D eigenvalue weighted by Gasteiger charge is -2.08. The zero-order chi connectivity index (χ0) is 12.0. The molecule has 2 N–H and O–H groups in total. The van der Waals surface area contributed by atoms with Crippen molar-refractivity contribution in [2.75, 3.05) is 13.1 Å². The molecule has 16 heavy (non-hydrogen) atoms. The highest BCUT2D eigenvalue weighted by atomic mass is 16.3. The Morgan fingerprint density at radius 1 is 1.19 bits per heavy atom. The maximum Gasteiger partial charge on any atom is 0.0524 e. The van der Waals surface area contributed by atoms with E-state index in [1.165, 1.54) is 16.7 Å². The van der Waals surface area contributed by atoms with E-state index in [-0.39, 0.29) is 6.10 Å². The summed E-state index contributed by atoms with van der Waals surface area (Å²) in [6.45, 7) is 7.99. The Morgan fingerprint density at radius 3 is 2.56 bits per heavy atom. The summed E-state index contributed by atoms with van der Waals surface area (Å²) in [4.78, 5) is 0. The van der Waals surface area contributed by atoms with Gasteiger partial charge in [0.1, 0.15) is 0 Å². The van der Waals surface area contributed by atoms with Gasteiger partial charge in [-0.1, -0.05) is 18.2 Å². The lowest BCUT2D eigenvalue weighted by Crippen LogP contribution is -2.21. The van der Waals surface area contributed by atoms with Crippen LogP contribution in [0, 0.1) is 13.8 Å². The average molecular weight is 221 g/mol. The molecule has 1 aromatic rings. The zero-order valence-electron chi connectivity index (χ0n) is 10.6. The minimum atomic E-state index is -0.200. The van der Waals surface area contributed by atoms with E-state index in [1.807, 2.05) is 6.92 Å². The second-order valence-electron chi connectivity index (χ2n) is 4.56. The van der Waals surface area contributed by atoms with Gasteiger partial charge in [-0.15, -0.1) is 0 Å². The minimum Gasteiger partial charge on any atom is -0.393 e. The normalized spacial score (nSPS) is 12.8. The van der Waals surface area contributed by atoms with Crippen molar-refractivity contribution in [2.24, 2.45) is 0 Å². The summed E-state index contributed by atoms with van der Waals surface area (Å²) in [6.07, 6.45) is 1.68. The topological polar surface area (TPSA) is 32.3 Å². The molecule has 0 aliphatic carbocycles. The van der Waals surface area contributed by atoms with E-state index in [0.29, 0.717) is 0 Å². The summed E-state index contributed by atoms with van der Waals surface area (Å²) in [5.74, 6) is 0. The first-order valence-corrected chi connectivity index (χ1v) is 6.04. The number of hydrogen-bond acceptors (Lipinski definition) is 2. The van der Waals surface area contributed by atoms with Gasteiger partial charge < -0.3 is 10.4 Å². The molecule has 2 heteroatoms. The Balaban J connectivity index is 2.24. The Labute approximate surface area is 98.7 Å². The summed E-state index contributed by atoms with van der Waals surface area (Å²) in [6, 6.07) is 6.63. The molecule has 0 aromatic heterocycles. The molecule has 0 amide bonds. The first-order chi connectivity index (χ1) is 7.59. The van der Waals surface area contributed by atoms with Crippen molar-refractivity contribution in [1.29, 1.82) is 0 Å². The Morgan fingerprint density at radius 2 is 1.94 bits per heavy atom. The van der Waals surface area contributed by atoms with Crippen LogP contribution in [0.1, 0.15) is 30.0 Å². The first-order valence-electron chi connectivity index (χ1n) is 6.04. The predicted molar refractivity (Wildman–Crippen MR) is 68.8 cm³/mol. The fraction of sp³-hybridized carbons (Fsp3) is 0.571. The molecule has 0 heterocycles. The van der Waals surface area contributed by atoms with Crippen molar-refractivity contribution < 1.29 is 5.11 Å². The molecule has 1 aromatic carbocycles. The van der Waals surface area contributed by atoms with E-state index in [0.717, 1.165) is 25.9 Å². The minimum absolute atomic E-state index is 0.200. The van der Waals surface area contributed by atoms with Crippen LogP contribution in [0.5, 0.6) is 0 Å². The highest BCUT2D eigenvalue weighted by Gasteiger charge is 1.97. The maximum atomic E-state index is 9.10. The second-order valence-corrected chi connectivity index (χ2v) is 4.56. The number of aryl methyl sites for hydroxylation is 2. The van der Waals surface area contributed by atoms with Crippen LogP contribution < -0.4 is 5.32 Å². The molecule has 1 rings (SSSR count). The molecule has 2 nitrogen and oxygen atoms in total. The van der Waals surface area contributed by atoms with E-state index in [4.69, 9.17) is 5.11 Å². The SMILES string of the molecule is Cc1ccc(CCNCCC(C)O)cc1C. The molecule has 0 fully saturated rings. The molecular formula is C14H23NO. The lowest BCUT2D eigenvalue weighted by molar-refractivity contribution is 0.184. The molecule has 0 bridgehead atoms. The number of nitrogens with one attached hydrogen (secondary N) is 1. The highest BCUT2D eigenvalue weighted by molar-refractivity contribution is 5.29. The maximum absolute atomic E-state index is 9.10.